The second-order valence-corrected chi connectivity index (χ2v) is 5.31. The number of nitrogens with two attached hydrogens (primary N) is 1. The van der Waals surface area contributed by atoms with Crippen molar-refractivity contribution >= 4 is 23.1 Å². The Labute approximate surface area is 125 Å². The Kier molecular flexibility index (Phi) is 4.79. The average molecular weight is 317 g/mol. The molecular weight excluding hydrogens is 303 g/mol. The predicted octanol–water partition coefficient (Wildman–Crippen LogP) is 1.15. The van der Waals surface area contributed by atoms with Crippen molar-refractivity contribution in [2.24, 2.45) is 5.73 Å². The summed E-state index contributed by atoms with van der Waals surface area (Å²) in [6.45, 7) is 2.38. The molecule has 114 valence electrons. The predicted molar refractivity (Wildman–Crippen MR) is 75.4 cm³/mol. The van der Waals surface area contributed by atoms with Gasteiger partial charge >= 0.3 is 0 Å². The van der Waals surface area contributed by atoms with E-state index in [0.717, 1.165) is 0 Å². The van der Waals surface area contributed by atoms with Crippen LogP contribution in [0.25, 0.3) is 0 Å². The van der Waals surface area contributed by atoms with Crippen molar-refractivity contribution in [1.29, 1.82) is 0 Å². The van der Waals surface area contributed by atoms with Gasteiger partial charge < -0.3 is 10.6 Å². The number of nitrogens with zero attached hydrogens (tertiary/aromatic N) is 2. The Morgan fingerprint density at radius 3 is 2.14 bits per heavy atom. The molecule has 8 heteroatoms. The van der Waals surface area contributed by atoms with Gasteiger partial charge in [0.15, 0.2) is 17.5 Å². The van der Waals surface area contributed by atoms with E-state index in [-0.39, 0.29) is 5.56 Å². The minimum Gasteiger partial charge on any atom is -0.392 e. The Balaban J connectivity index is 2.04. The molecule has 0 aliphatic carbocycles. The molecule has 1 aromatic carbocycles. The second-order valence-electron chi connectivity index (χ2n) is 4.79. The summed E-state index contributed by atoms with van der Waals surface area (Å²) >= 11 is 4.81. The maximum atomic E-state index is 13.2. The van der Waals surface area contributed by atoms with Gasteiger partial charge in [-0.1, -0.05) is 12.2 Å². The van der Waals surface area contributed by atoms with Crippen molar-refractivity contribution in [3.05, 3.63) is 35.1 Å². The van der Waals surface area contributed by atoms with Crippen molar-refractivity contribution in [3.8, 4) is 0 Å². The Bertz CT molecular complexity index is 551. The number of benzene rings is 1. The zero-order valence-electron chi connectivity index (χ0n) is 11.1. The number of piperazine rings is 1. The van der Waals surface area contributed by atoms with Crippen LogP contribution in [0.3, 0.4) is 0 Å². The van der Waals surface area contributed by atoms with Crippen LogP contribution >= 0.6 is 12.2 Å². The van der Waals surface area contributed by atoms with Crippen LogP contribution in [0.1, 0.15) is 10.4 Å². The lowest BCUT2D eigenvalue weighted by molar-refractivity contribution is 0.0653. The topological polar surface area (TPSA) is 49.6 Å². The highest BCUT2D eigenvalue weighted by molar-refractivity contribution is 7.80. The van der Waals surface area contributed by atoms with Crippen molar-refractivity contribution in [2.45, 2.75) is 0 Å². The van der Waals surface area contributed by atoms with Crippen LogP contribution in [-0.2, 0) is 0 Å². The molecule has 1 fully saturated rings. The van der Waals surface area contributed by atoms with E-state index < -0.39 is 23.4 Å². The number of amides is 1. The van der Waals surface area contributed by atoms with Gasteiger partial charge in [0.25, 0.3) is 5.91 Å². The fourth-order valence-corrected chi connectivity index (χ4v) is 2.37. The van der Waals surface area contributed by atoms with E-state index in [1.807, 2.05) is 4.90 Å². The molecule has 0 spiro atoms. The lowest BCUT2D eigenvalue weighted by atomic mass is 10.1. The number of carbonyl (C=O) groups excluding carboxylic acids is 1. The maximum absolute atomic E-state index is 13.2. The third kappa shape index (κ3) is 3.70. The first-order valence-corrected chi connectivity index (χ1v) is 6.74. The zero-order valence-corrected chi connectivity index (χ0v) is 11.9. The van der Waals surface area contributed by atoms with E-state index in [9.17, 15) is 18.0 Å². The first kappa shape index (κ1) is 15.7. The van der Waals surface area contributed by atoms with Crippen LogP contribution in [0.5, 0.6) is 0 Å². The van der Waals surface area contributed by atoms with Crippen molar-refractivity contribution in [1.82, 2.24) is 9.80 Å². The molecule has 1 amide bonds. The lowest BCUT2D eigenvalue weighted by Gasteiger charge is -2.34. The van der Waals surface area contributed by atoms with E-state index in [2.05, 4.69) is 0 Å². The molecule has 0 bridgehead atoms. The summed E-state index contributed by atoms with van der Waals surface area (Å²) in [6.07, 6.45) is 0. The maximum Gasteiger partial charge on any atom is 0.254 e. The molecule has 0 unspecified atom stereocenters. The van der Waals surface area contributed by atoms with Crippen LogP contribution < -0.4 is 5.73 Å². The molecule has 0 atom stereocenters. The number of carbonyl (C=O) groups is 1. The van der Waals surface area contributed by atoms with Gasteiger partial charge in [0.1, 0.15) is 0 Å². The standard InChI is InChI=1S/C13H14F3N3OS/c14-9-5-8(6-10(15)12(9)16)13(20)19-3-1-18(2-4-19)7-11(17)21/h5-6H,1-4,7H2,(H2,17,21). The van der Waals surface area contributed by atoms with Crippen LogP contribution in [0.4, 0.5) is 13.2 Å². The summed E-state index contributed by atoms with van der Waals surface area (Å²) in [5.74, 6) is -4.84. The summed E-state index contributed by atoms with van der Waals surface area (Å²) in [7, 11) is 0. The molecule has 4 nitrogen and oxygen atoms in total. The van der Waals surface area contributed by atoms with Gasteiger partial charge in [-0.15, -0.1) is 0 Å². The van der Waals surface area contributed by atoms with Gasteiger partial charge in [0.2, 0.25) is 0 Å². The van der Waals surface area contributed by atoms with Crippen LogP contribution in [0.15, 0.2) is 12.1 Å². The minimum absolute atomic E-state index is 0.200. The molecule has 2 N–H and O–H groups in total. The van der Waals surface area contributed by atoms with E-state index >= 15 is 0 Å². The number of hydrogen-bond acceptors (Lipinski definition) is 3. The Hall–Kier alpha value is -1.67. The first-order valence-electron chi connectivity index (χ1n) is 6.33. The van der Waals surface area contributed by atoms with Gasteiger partial charge in [0, 0.05) is 38.3 Å². The van der Waals surface area contributed by atoms with Gasteiger partial charge in [-0.2, -0.15) is 0 Å². The van der Waals surface area contributed by atoms with Gasteiger partial charge in [0.05, 0.1) is 4.99 Å². The number of rotatable bonds is 3. The molecular formula is C13H14F3N3OS. The molecule has 0 saturated carbocycles. The van der Waals surface area contributed by atoms with Crippen LogP contribution in [-0.4, -0.2) is 53.4 Å². The summed E-state index contributed by atoms with van der Waals surface area (Å²) < 4.78 is 39.2. The molecule has 1 saturated heterocycles. The van der Waals surface area contributed by atoms with E-state index in [4.69, 9.17) is 18.0 Å². The summed E-state index contributed by atoms with van der Waals surface area (Å²) in [5, 5.41) is 0. The van der Waals surface area contributed by atoms with Gasteiger partial charge in [-0.3, -0.25) is 9.69 Å². The summed E-state index contributed by atoms with van der Waals surface area (Å²) in [4.78, 5) is 16.0. The molecule has 0 aromatic heterocycles. The lowest BCUT2D eigenvalue weighted by Crippen LogP contribution is -2.50. The first-order chi connectivity index (χ1) is 9.88. The van der Waals surface area contributed by atoms with E-state index in [1.165, 1.54) is 4.90 Å². The molecule has 1 aromatic rings. The highest BCUT2D eigenvalue weighted by Crippen LogP contribution is 2.16. The minimum atomic E-state index is -1.58. The quantitative estimate of drug-likeness (QED) is 0.671. The largest absolute Gasteiger partial charge is 0.392 e. The molecule has 1 aliphatic rings. The number of hydrogen-bond donors (Lipinski definition) is 1. The van der Waals surface area contributed by atoms with Crippen molar-refractivity contribution in [2.75, 3.05) is 32.7 Å². The molecule has 0 radical (unpaired) electrons. The fourth-order valence-electron chi connectivity index (χ4n) is 2.19. The third-order valence-corrected chi connectivity index (χ3v) is 3.40. The Morgan fingerprint density at radius 2 is 1.67 bits per heavy atom. The van der Waals surface area contributed by atoms with E-state index in [1.54, 1.807) is 0 Å². The second kappa shape index (κ2) is 6.40. The molecule has 1 aliphatic heterocycles. The van der Waals surface area contributed by atoms with Crippen molar-refractivity contribution in [3.63, 3.8) is 0 Å². The number of halogens is 3. The van der Waals surface area contributed by atoms with Crippen LogP contribution in [0, 0.1) is 17.5 Å². The van der Waals surface area contributed by atoms with Crippen molar-refractivity contribution < 1.29 is 18.0 Å². The molecule has 2 rings (SSSR count). The SMILES string of the molecule is NC(=S)CN1CCN(C(=O)c2cc(F)c(F)c(F)c2)CC1. The van der Waals surface area contributed by atoms with Crippen LogP contribution in [0.2, 0.25) is 0 Å². The molecule has 21 heavy (non-hydrogen) atoms. The number of thiocarbonyl (C=S) groups is 1. The molecule has 1 heterocycles. The fraction of sp³-hybridized carbons (Fsp3) is 0.385. The zero-order chi connectivity index (χ0) is 15.6. The summed E-state index contributed by atoms with van der Waals surface area (Å²) in [5.41, 5.74) is 5.25. The normalized spacial score (nSPS) is 16.0. The monoisotopic (exact) mass is 317 g/mol. The van der Waals surface area contributed by atoms with Gasteiger partial charge in [-0.05, 0) is 12.1 Å². The summed E-state index contributed by atoms with van der Waals surface area (Å²) in [6, 6.07) is 1.42. The smallest absolute Gasteiger partial charge is 0.254 e. The van der Waals surface area contributed by atoms with E-state index in [0.29, 0.717) is 49.8 Å². The Morgan fingerprint density at radius 1 is 1.14 bits per heavy atom. The van der Waals surface area contributed by atoms with Gasteiger partial charge in [-0.25, -0.2) is 13.2 Å². The highest BCUT2D eigenvalue weighted by Gasteiger charge is 2.24. The average Bonchev–Trinajstić information content (AvgIpc) is 2.43. The highest BCUT2D eigenvalue weighted by atomic mass is 32.1. The third-order valence-electron chi connectivity index (χ3n) is 3.27.